The van der Waals surface area contributed by atoms with Gasteiger partial charge in [0, 0.05) is 38.3 Å². The Kier molecular flexibility index (Phi) is 8.53. The number of hydrogen-bond donors (Lipinski definition) is 1. The number of rotatable bonds is 7. The molecule has 1 amide bonds. The first-order valence-corrected chi connectivity index (χ1v) is 13.5. The van der Waals surface area contributed by atoms with E-state index in [2.05, 4.69) is 10.2 Å². The maximum absolute atomic E-state index is 14.5. The molecular formula is C22H30ClF4N3O3S. The highest BCUT2D eigenvalue weighted by Gasteiger charge is 2.42. The Bertz CT molecular complexity index is 990. The molecule has 6 nitrogen and oxygen atoms in total. The lowest BCUT2D eigenvalue weighted by molar-refractivity contribution is -0.138. The van der Waals surface area contributed by atoms with Crippen molar-refractivity contribution in [3.63, 3.8) is 0 Å². The largest absolute Gasteiger partial charge is 0.417 e. The minimum Gasteiger partial charge on any atom is -0.350 e. The molecule has 1 heterocycles. The monoisotopic (exact) mass is 527 g/mol. The van der Waals surface area contributed by atoms with Gasteiger partial charge in [-0.15, -0.1) is 0 Å². The van der Waals surface area contributed by atoms with Crippen LogP contribution in [0.1, 0.15) is 61.4 Å². The molecule has 0 bridgehead atoms. The van der Waals surface area contributed by atoms with Gasteiger partial charge in [-0.1, -0.05) is 37.8 Å². The first-order valence-electron chi connectivity index (χ1n) is 11.5. The SMILES string of the molecule is CCCS(=O)(=O)N1CCN(C2(CNC(=O)c3c(C(F)(F)F)ccc(Cl)c3F)CCCCC2)CC1. The number of alkyl halides is 3. The highest BCUT2D eigenvalue weighted by Crippen LogP contribution is 2.37. The molecule has 1 aliphatic carbocycles. The number of hydrogen-bond acceptors (Lipinski definition) is 4. The summed E-state index contributed by atoms with van der Waals surface area (Å²) >= 11 is 5.67. The first kappa shape index (κ1) is 27.2. The van der Waals surface area contributed by atoms with Crippen molar-refractivity contribution in [1.29, 1.82) is 0 Å². The molecule has 0 radical (unpaired) electrons. The zero-order valence-electron chi connectivity index (χ0n) is 19.1. The highest BCUT2D eigenvalue weighted by molar-refractivity contribution is 7.89. The summed E-state index contributed by atoms with van der Waals surface area (Å²) in [6, 6.07) is 1.39. The van der Waals surface area contributed by atoms with E-state index >= 15 is 0 Å². The molecule has 1 saturated heterocycles. The number of nitrogens with one attached hydrogen (secondary N) is 1. The second-order valence-corrected chi connectivity index (χ2v) is 11.4. The zero-order chi connectivity index (χ0) is 25.1. The van der Waals surface area contributed by atoms with Crippen molar-refractivity contribution >= 4 is 27.5 Å². The van der Waals surface area contributed by atoms with Crippen molar-refractivity contribution in [1.82, 2.24) is 14.5 Å². The van der Waals surface area contributed by atoms with Gasteiger partial charge >= 0.3 is 6.18 Å². The maximum atomic E-state index is 14.5. The molecule has 1 aromatic rings. The maximum Gasteiger partial charge on any atom is 0.417 e. The number of carbonyl (C=O) groups is 1. The third-order valence-electron chi connectivity index (χ3n) is 6.75. The predicted molar refractivity (Wildman–Crippen MR) is 122 cm³/mol. The van der Waals surface area contributed by atoms with Crippen molar-refractivity contribution < 1.29 is 30.8 Å². The Labute approximate surface area is 202 Å². The van der Waals surface area contributed by atoms with E-state index in [0.717, 1.165) is 25.3 Å². The number of amides is 1. The Hall–Kier alpha value is -1.43. The summed E-state index contributed by atoms with van der Waals surface area (Å²) in [5.74, 6) is -2.48. The summed E-state index contributed by atoms with van der Waals surface area (Å²) in [7, 11) is -3.32. The molecule has 0 unspecified atom stereocenters. The van der Waals surface area contributed by atoms with Gasteiger partial charge in [0.1, 0.15) is 0 Å². The minimum atomic E-state index is -4.92. The van der Waals surface area contributed by atoms with Gasteiger partial charge in [0.15, 0.2) is 5.82 Å². The standard InChI is InChI=1S/C22H30ClF4N3O3S/c1-2-14-34(32,33)30-12-10-29(11-13-30)21(8-4-3-5-9-21)15-28-20(31)18-16(22(25,26)27)6-7-17(23)19(18)24/h6-7H,2-5,8-15H2,1H3,(H,28,31). The molecule has 0 spiro atoms. The van der Waals surface area contributed by atoms with Crippen LogP contribution in [0, 0.1) is 5.82 Å². The van der Waals surface area contributed by atoms with Gasteiger partial charge in [0.05, 0.1) is 21.9 Å². The van der Waals surface area contributed by atoms with Crippen molar-refractivity contribution in [3.05, 3.63) is 34.1 Å². The van der Waals surface area contributed by atoms with E-state index in [1.165, 1.54) is 4.31 Å². The smallest absolute Gasteiger partial charge is 0.350 e. The summed E-state index contributed by atoms with van der Waals surface area (Å²) in [6.07, 6.45) is -0.216. The molecule has 0 atom stereocenters. The molecule has 1 aliphatic heterocycles. The molecule has 192 valence electrons. The van der Waals surface area contributed by atoms with Crippen LogP contribution in [0.3, 0.4) is 0 Å². The van der Waals surface area contributed by atoms with Crippen molar-refractivity contribution in [2.24, 2.45) is 0 Å². The number of piperazine rings is 1. The number of nitrogens with zero attached hydrogens (tertiary/aromatic N) is 2. The Morgan fingerprint density at radius 1 is 1.12 bits per heavy atom. The summed E-state index contributed by atoms with van der Waals surface area (Å²) in [5.41, 5.74) is -3.01. The Morgan fingerprint density at radius 3 is 2.29 bits per heavy atom. The zero-order valence-corrected chi connectivity index (χ0v) is 20.6. The lowest BCUT2D eigenvalue weighted by atomic mass is 9.79. The third-order valence-corrected chi connectivity index (χ3v) is 9.12. The average molecular weight is 528 g/mol. The second-order valence-electron chi connectivity index (χ2n) is 8.95. The molecule has 34 heavy (non-hydrogen) atoms. The van der Waals surface area contributed by atoms with E-state index in [0.29, 0.717) is 51.5 Å². The number of carbonyl (C=O) groups excluding carboxylic acids is 1. The number of benzene rings is 1. The molecule has 3 rings (SSSR count). The van der Waals surface area contributed by atoms with Crippen LogP contribution in [0.4, 0.5) is 17.6 Å². The highest BCUT2D eigenvalue weighted by atomic mass is 35.5. The van der Waals surface area contributed by atoms with E-state index in [1.54, 1.807) is 6.92 Å². The van der Waals surface area contributed by atoms with Crippen LogP contribution in [0.25, 0.3) is 0 Å². The van der Waals surface area contributed by atoms with Crippen LogP contribution < -0.4 is 5.32 Å². The fourth-order valence-electron chi connectivity index (χ4n) is 4.98. The lowest BCUT2D eigenvalue weighted by Gasteiger charge is -2.49. The van der Waals surface area contributed by atoms with Gasteiger partial charge in [-0.2, -0.15) is 17.5 Å². The van der Waals surface area contributed by atoms with E-state index in [4.69, 9.17) is 11.6 Å². The average Bonchev–Trinajstić information content (AvgIpc) is 2.79. The van der Waals surface area contributed by atoms with Gasteiger partial charge in [0.2, 0.25) is 10.0 Å². The predicted octanol–water partition coefficient (Wildman–Crippen LogP) is 4.29. The normalized spacial score (nSPS) is 20.3. The summed E-state index contributed by atoms with van der Waals surface area (Å²) in [5, 5.41) is 1.98. The Balaban J connectivity index is 1.78. The van der Waals surface area contributed by atoms with Crippen LogP contribution in [-0.4, -0.2) is 67.5 Å². The van der Waals surface area contributed by atoms with Gasteiger partial charge in [-0.25, -0.2) is 12.8 Å². The fraction of sp³-hybridized carbons (Fsp3) is 0.682. The van der Waals surface area contributed by atoms with Crippen LogP contribution in [0.2, 0.25) is 5.02 Å². The van der Waals surface area contributed by atoms with Crippen LogP contribution >= 0.6 is 11.6 Å². The molecule has 0 aromatic heterocycles. The van der Waals surface area contributed by atoms with Gasteiger partial charge in [-0.3, -0.25) is 9.69 Å². The third kappa shape index (κ3) is 5.85. The fourth-order valence-corrected chi connectivity index (χ4v) is 6.64. The molecule has 12 heteroatoms. The summed E-state index contributed by atoms with van der Waals surface area (Å²) < 4.78 is 81.0. The number of sulfonamides is 1. The Morgan fingerprint density at radius 2 is 1.74 bits per heavy atom. The molecule has 2 fully saturated rings. The van der Waals surface area contributed by atoms with E-state index in [9.17, 15) is 30.8 Å². The van der Waals surface area contributed by atoms with Crippen LogP contribution in [0.15, 0.2) is 12.1 Å². The quantitative estimate of drug-likeness (QED) is 0.537. The molecule has 1 aromatic carbocycles. The van der Waals surface area contributed by atoms with Crippen LogP contribution in [0.5, 0.6) is 0 Å². The first-order chi connectivity index (χ1) is 15.9. The minimum absolute atomic E-state index is 0.0385. The molecule has 2 aliphatic rings. The van der Waals surface area contributed by atoms with Crippen LogP contribution in [-0.2, 0) is 16.2 Å². The topological polar surface area (TPSA) is 69.7 Å². The van der Waals surface area contributed by atoms with Gasteiger partial charge < -0.3 is 5.32 Å². The van der Waals surface area contributed by atoms with E-state index < -0.39 is 49.6 Å². The van der Waals surface area contributed by atoms with Gasteiger partial charge in [0.25, 0.3) is 5.91 Å². The number of halogens is 5. The van der Waals surface area contributed by atoms with Crippen molar-refractivity contribution in [3.8, 4) is 0 Å². The molecule has 1 saturated carbocycles. The second kappa shape index (κ2) is 10.7. The van der Waals surface area contributed by atoms with Crippen molar-refractivity contribution in [2.75, 3.05) is 38.5 Å². The summed E-state index contributed by atoms with van der Waals surface area (Å²) in [6.45, 7) is 3.39. The summed E-state index contributed by atoms with van der Waals surface area (Å²) in [4.78, 5) is 14.9. The molecule has 1 N–H and O–H groups in total. The van der Waals surface area contributed by atoms with Gasteiger partial charge in [-0.05, 0) is 31.4 Å². The van der Waals surface area contributed by atoms with E-state index in [1.807, 2.05) is 0 Å². The van der Waals surface area contributed by atoms with Crippen molar-refractivity contribution in [2.45, 2.75) is 57.2 Å². The van der Waals surface area contributed by atoms with E-state index in [-0.39, 0.29) is 12.3 Å². The lowest BCUT2D eigenvalue weighted by Crippen LogP contribution is -2.62. The molecular weight excluding hydrogens is 498 g/mol.